The standard InChI is InChI=1S/C6H10N2O3/c1-3-5(10)8-4(2-9)6(11)7-3/h3-4,9H,2H2,1H3,(H,7,11)(H,8,10)/t3-,4-/m1/s1. The maximum atomic E-state index is 10.9. The van der Waals surface area contributed by atoms with Crippen molar-refractivity contribution in [2.75, 3.05) is 6.61 Å². The van der Waals surface area contributed by atoms with Crippen LogP contribution >= 0.6 is 0 Å². The van der Waals surface area contributed by atoms with E-state index in [1.807, 2.05) is 0 Å². The molecule has 1 aliphatic rings. The number of amides is 2. The average Bonchev–Trinajstić information content (AvgIpc) is 1.97. The molecule has 2 amide bonds. The summed E-state index contributed by atoms with van der Waals surface area (Å²) < 4.78 is 0. The van der Waals surface area contributed by atoms with Gasteiger partial charge in [0.15, 0.2) is 0 Å². The number of rotatable bonds is 1. The fraction of sp³-hybridized carbons (Fsp3) is 0.667. The third-order valence-corrected chi connectivity index (χ3v) is 1.57. The summed E-state index contributed by atoms with van der Waals surface area (Å²) in [4.78, 5) is 21.8. The van der Waals surface area contributed by atoms with Crippen LogP contribution in [-0.4, -0.2) is 35.6 Å². The van der Waals surface area contributed by atoms with Gasteiger partial charge in [0.25, 0.3) is 0 Å². The van der Waals surface area contributed by atoms with Crippen LogP contribution in [-0.2, 0) is 9.59 Å². The molecule has 0 spiro atoms. The van der Waals surface area contributed by atoms with Crippen molar-refractivity contribution in [3.05, 3.63) is 0 Å². The first-order valence-electron chi connectivity index (χ1n) is 3.36. The minimum absolute atomic E-state index is 0.261. The van der Waals surface area contributed by atoms with Crippen molar-refractivity contribution in [1.29, 1.82) is 0 Å². The number of piperazine rings is 1. The van der Waals surface area contributed by atoms with Crippen LogP contribution in [0.25, 0.3) is 0 Å². The highest BCUT2D eigenvalue weighted by atomic mass is 16.3. The summed E-state index contributed by atoms with van der Waals surface area (Å²) in [5.74, 6) is -0.594. The van der Waals surface area contributed by atoms with E-state index in [0.29, 0.717) is 0 Å². The Kier molecular flexibility index (Phi) is 2.09. The molecule has 0 unspecified atom stereocenters. The van der Waals surface area contributed by atoms with Crippen molar-refractivity contribution in [2.24, 2.45) is 0 Å². The highest BCUT2D eigenvalue weighted by Gasteiger charge is 2.29. The van der Waals surface area contributed by atoms with E-state index >= 15 is 0 Å². The summed E-state index contributed by atoms with van der Waals surface area (Å²) in [5, 5.41) is 13.4. The summed E-state index contributed by atoms with van der Waals surface area (Å²) in [5.41, 5.74) is 0. The lowest BCUT2D eigenvalue weighted by Gasteiger charge is -2.25. The molecule has 0 saturated carbocycles. The fourth-order valence-corrected chi connectivity index (χ4v) is 0.870. The lowest BCUT2D eigenvalue weighted by Crippen LogP contribution is -2.61. The number of nitrogens with one attached hydrogen (secondary N) is 2. The van der Waals surface area contributed by atoms with E-state index in [-0.39, 0.29) is 18.4 Å². The predicted molar refractivity (Wildman–Crippen MR) is 36.6 cm³/mol. The van der Waals surface area contributed by atoms with Crippen molar-refractivity contribution in [2.45, 2.75) is 19.0 Å². The van der Waals surface area contributed by atoms with Gasteiger partial charge in [-0.25, -0.2) is 0 Å². The molecule has 0 radical (unpaired) electrons. The first-order valence-corrected chi connectivity index (χ1v) is 3.36. The topological polar surface area (TPSA) is 78.4 Å². The van der Waals surface area contributed by atoms with Gasteiger partial charge in [-0.05, 0) is 6.92 Å². The molecule has 1 aliphatic heterocycles. The minimum Gasteiger partial charge on any atom is -0.394 e. The number of carbonyl (C=O) groups is 2. The Hall–Kier alpha value is -1.10. The van der Waals surface area contributed by atoms with Crippen LogP contribution in [0.15, 0.2) is 0 Å². The lowest BCUT2D eigenvalue weighted by molar-refractivity contribution is -0.137. The Balaban J connectivity index is 2.62. The Morgan fingerprint density at radius 1 is 1.36 bits per heavy atom. The zero-order valence-corrected chi connectivity index (χ0v) is 6.13. The minimum atomic E-state index is -0.779. The first-order chi connectivity index (χ1) is 5.15. The maximum Gasteiger partial charge on any atom is 0.245 e. The second-order valence-corrected chi connectivity index (χ2v) is 2.47. The molecule has 1 saturated heterocycles. The number of hydrogen-bond donors (Lipinski definition) is 3. The van der Waals surface area contributed by atoms with Crippen molar-refractivity contribution in [1.82, 2.24) is 10.6 Å². The second-order valence-electron chi connectivity index (χ2n) is 2.47. The predicted octanol–water partition coefficient (Wildman–Crippen LogP) is -2.02. The summed E-state index contributed by atoms with van der Waals surface area (Å²) in [6.07, 6.45) is 0. The maximum absolute atomic E-state index is 10.9. The zero-order valence-electron chi connectivity index (χ0n) is 6.13. The van der Waals surface area contributed by atoms with E-state index in [1.165, 1.54) is 0 Å². The number of carbonyl (C=O) groups excluding carboxylic acids is 2. The van der Waals surface area contributed by atoms with Gasteiger partial charge in [-0.2, -0.15) is 0 Å². The van der Waals surface area contributed by atoms with Gasteiger partial charge < -0.3 is 15.7 Å². The Labute approximate surface area is 63.8 Å². The van der Waals surface area contributed by atoms with Crippen molar-refractivity contribution < 1.29 is 14.7 Å². The molecule has 0 aliphatic carbocycles. The van der Waals surface area contributed by atoms with Crippen LogP contribution in [0.4, 0.5) is 0 Å². The molecule has 3 N–H and O–H groups in total. The van der Waals surface area contributed by atoms with Crippen molar-refractivity contribution in [3.63, 3.8) is 0 Å². The van der Waals surface area contributed by atoms with Gasteiger partial charge in [0.05, 0.1) is 6.61 Å². The molecule has 11 heavy (non-hydrogen) atoms. The first kappa shape index (κ1) is 8.00. The van der Waals surface area contributed by atoms with Gasteiger partial charge in [0.1, 0.15) is 12.1 Å². The van der Waals surface area contributed by atoms with Crippen LogP contribution in [0.1, 0.15) is 6.92 Å². The number of aliphatic hydroxyl groups excluding tert-OH is 1. The molecule has 0 aromatic carbocycles. The number of hydrogen-bond acceptors (Lipinski definition) is 3. The molecule has 1 heterocycles. The van der Waals surface area contributed by atoms with Crippen LogP contribution in [0.5, 0.6) is 0 Å². The molecule has 5 nitrogen and oxygen atoms in total. The van der Waals surface area contributed by atoms with Gasteiger partial charge in [-0.1, -0.05) is 0 Å². The molecule has 0 aromatic heterocycles. The monoisotopic (exact) mass is 158 g/mol. The normalized spacial score (nSPS) is 31.1. The van der Waals surface area contributed by atoms with Gasteiger partial charge >= 0.3 is 0 Å². The van der Waals surface area contributed by atoms with Crippen molar-refractivity contribution in [3.8, 4) is 0 Å². The Morgan fingerprint density at radius 3 is 2.55 bits per heavy atom. The van der Waals surface area contributed by atoms with E-state index in [4.69, 9.17) is 5.11 Å². The lowest BCUT2D eigenvalue weighted by atomic mass is 10.1. The third kappa shape index (κ3) is 1.48. The summed E-state index contributed by atoms with van der Waals surface area (Å²) in [7, 11) is 0. The number of aliphatic hydroxyl groups is 1. The van der Waals surface area contributed by atoms with Gasteiger partial charge in [0.2, 0.25) is 11.8 Å². The molecular weight excluding hydrogens is 148 g/mol. The SMILES string of the molecule is C[C@H]1NC(=O)[C@@H](CO)NC1=O. The van der Waals surface area contributed by atoms with Crippen molar-refractivity contribution >= 4 is 11.8 Å². The average molecular weight is 158 g/mol. The highest BCUT2D eigenvalue weighted by Crippen LogP contribution is 1.94. The molecule has 0 bridgehead atoms. The zero-order chi connectivity index (χ0) is 8.43. The Morgan fingerprint density at radius 2 is 2.00 bits per heavy atom. The van der Waals surface area contributed by atoms with E-state index in [0.717, 1.165) is 0 Å². The van der Waals surface area contributed by atoms with Crippen LogP contribution in [0, 0.1) is 0 Å². The summed E-state index contributed by atoms with van der Waals surface area (Å²) in [6, 6.07) is -1.27. The highest BCUT2D eigenvalue weighted by molar-refractivity contribution is 5.96. The molecule has 62 valence electrons. The van der Waals surface area contributed by atoms with E-state index in [9.17, 15) is 9.59 Å². The quantitative estimate of drug-likeness (QED) is 0.412. The molecule has 1 rings (SSSR count). The van der Waals surface area contributed by atoms with Gasteiger partial charge in [-0.3, -0.25) is 9.59 Å². The van der Waals surface area contributed by atoms with Gasteiger partial charge in [-0.15, -0.1) is 0 Å². The summed E-state index contributed by atoms with van der Waals surface area (Å²) in [6.45, 7) is 1.23. The smallest absolute Gasteiger partial charge is 0.245 e. The van der Waals surface area contributed by atoms with Gasteiger partial charge in [0, 0.05) is 0 Å². The third-order valence-electron chi connectivity index (χ3n) is 1.57. The Bertz CT molecular complexity index is 192. The summed E-state index contributed by atoms with van der Waals surface area (Å²) >= 11 is 0. The largest absolute Gasteiger partial charge is 0.394 e. The molecule has 0 aromatic rings. The van der Waals surface area contributed by atoms with E-state index < -0.39 is 12.1 Å². The van der Waals surface area contributed by atoms with E-state index in [2.05, 4.69) is 10.6 Å². The van der Waals surface area contributed by atoms with Crippen LogP contribution < -0.4 is 10.6 Å². The molecule has 1 fully saturated rings. The molecular formula is C6H10N2O3. The molecule has 2 atom stereocenters. The van der Waals surface area contributed by atoms with Crippen LogP contribution in [0.2, 0.25) is 0 Å². The fourth-order valence-electron chi connectivity index (χ4n) is 0.870. The van der Waals surface area contributed by atoms with E-state index in [1.54, 1.807) is 6.92 Å². The molecule has 5 heteroatoms. The van der Waals surface area contributed by atoms with Crippen LogP contribution in [0.3, 0.4) is 0 Å². The second kappa shape index (κ2) is 2.87.